The van der Waals surface area contributed by atoms with Crippen LogP contribution in [0.15, 0.2) is 58.2 Å². The highest BCUT2D eigenvalue weighted by Crippen LogP contribution is 2.27. The number of hydrogen-bond acceptors (Lipinski definition) is 3. The van der Waals surface area contributed by atoms with Crippen LogP contribution in [0.1, 0.15) is 5.56 Å². The third-order valence-corrected chi connectivity index (χ3v) is 2.56. The Hall–Kier alpha value is -2.29. The second-order valence-electron chi connectivity index (χ2n) is 3.55. The highest BCUT2D eigenvalue weighted by atomic mass is 16.1. The minimum absolute atomic E-state index is 0.0146. The summed E-state index contributed by atoms with van der Waals surface area (Å²) in [7, 11) is 0. The highest BCUT2D eigenvalue weighted by molar-refractivity contribution is 6.38. The standard InChI is InChI=1S/C13H8N2O/c16-11-7-6-10-13(15-8-14-10)12(11)9-4-2-1-3-5-9/h1-8H. The summed E-state index contributed by atoms with van der Waals surface area (Å²) < 4.78 is 0. The largest absolute Gasteiger partial charge is 0.289 e. The second kappa shape index (κ2) is 3.38. The van der Waals surface area contributed by atoms with Crippen LogP contribution in [0.25, 0.3) is 5.57 Å². The molecular weight excluding hydrogens is 200 g/mol. The molecule has 2 aliphatic rings. The van der Waals surface area contributed by atoms with Crippen molar-refractivity contribution in [3.63, 3.8) is 0 Å². The van der Waals surface area contributed by atoms with Crippen molar-refractivity contribution in [2.75, 3.05) is 0 Å². The summed E-state index contributed by atoms with van der Waals surface area (Å²) in [5, 5.41) is 0. The smallest absolute Gasteiger partial charge is 0.188 e. The van der Waals surface area contributed by atoms with Gasteiger partial charge in [0.05, 0.1) is 11.3 Å². The molecule has 0 saturated heterocycles. The van der Waals surface area contributed by atoms with Gasteiger partial charge in [0.15, 0.2) is 5.78 Å². The molecule has 3 rings (SSSR count). The van der Waals surface area contributed by atoms with Gasteiger partial charge in [-0.25, -0.2) is 9.98 Å². The van der Waals surface area contributed by atoms with E-state index in [0.29, 0.717) is 11.3 Å². The topological polar surface area (TPSA) is 41.8 Å². The van der Waals surface area contributed by atoms with Crippen molar-refractivity contribution >= 4 is 23.4 Å². The number of fused-ring (bicyclic) bond motifs is 1. The summed E-state index contributed by atoms with van der Waals surface area (Å²) in [6.07, 6.45) is 4.73. The number of ketones is 1. The Morgan fingerprint density at radius 3 is 2.62 bits per heavy atom. The molecule has 1 aromatic rings. The normalized spacial score (nSPS) is 17.8. The number of carbonyl (C=O) groups excluding carboxylic acids is 1. The van der Waals surface area contributed by atoms with E-state index in [2.05, 4.69) is 9.98 Å². The molecule has 3 heteroatoms. The molecular formula is C13H8N2O. The van der Waals surface area contributed by atoms with E-state index in [1.165, 1.54) is 6.34 Å². The van der Waals surface area contributed by atoms with Gasteiger partial charge in [0.2, 0.25) is 0 Å². The van der Waals surface area contributed by atoms with Gasteiger partial charge < -0.3 is 0 Å². The van der Waals surface area contributed by atoms with E-state index in [-0.39, 0.29) is 5.78 Å². The Morgan fingerprint density at radius 1 is 1.00 bits per heavy atom. The first-order valence-electron chi connectivity index (χ1n) is 4.99. The lowest BCUT2D eigenvalue weighted by molar-refractivity contribution is -0.109. The van der Waals surface area contributed by atoms with Crippen molar-refractivity contribution in [2.45, 2.75) is 0 Å². The van der Waals surface area contributed by atoms with Crippen LogP contribution in [0.5, 0.6) is 0 Å². The molecule has 1 aliphatic carbocycles. The molecule has 1 aliphatic heterocycles. The zero-order chi connectivity index (χ0) is 11.0. The second-order valence-corrected chi connectivity index (χ2v) is 3.55. The summed E-state index contributed by atoms with van der Waals surface area (Å²) >= 11 is 0. The third-order valence-electron chi connectivity index (χ3n) is 2.56. The van der Waals surface area contributed by atoms with Crippen molar-refractivity contribution in [1.82, 2.24) is 0 Å². The van der Waals surface area contributed by atoms with Crippen LogP contribution in [-0.4, -0.2) is 17.8 Å². The maximum atomic E-state index is 11.9. The van der Waals surface area contributed by atoms with Crippen molar-refractivity contribution in [3.05, 3.63) is 53.7 Å². The van der Waals surface area contributed by atoms with Crippen LogP contribution in [0, 0.1) is 0 Å². The first kappa shape index (κ1) is 8.97. The van der Waals surface area contributed by atoms with Crippen molar-refractivity contribution in [3.8, 4) is 0 Å². The minimum Gasteiger partial charge on any atom is -0.289 e. The lowest BCUT2D eigenvalue weighted by Gasteiger charge is -2.11. The van der Waals surface area contributed by atoms with Crippen molar-refractivity contribution < 1.29 is 4.79 Å². The van der Waals surface area contributed by atoms with Gasteiger partial charge in [-0.15, -0.1) is 0 Å². The summed E-state index contributed by atoms with van der Waals surface area (Å²) in [6, 6.07) is 9.55. The van der Waals surface area contributed by atoms with E-state index in [4.69, 9.17) is 0 Å². The van der Waals surface area contributed by atoms with Gasteiger partial charge in [0.25, 0.3) is 0 Å². The van der Waals surface area contributed by atoms with Gasteiger partial charge in [-0.05, 0) is 17.7 Å². The molecule has 1 aromatic carbocycles. The number of allylic oxidation sites excluding steroid dienone is 3. The molecule has 0 atom stereocenters. The van der Waals surface area contributed by atoms with Gasteiger partial charge in [0.1, 0.15) is 12.0 Å². The molecule has 0 radical (unpaired) electrons. The van der Waals surface area contributed by atoms with Crippen LogP contribution in [0.4, 0.5) is 0 Å². The molecule has 0 saturated carbocycles. The molecule has 0 bridgehead atoms. The average molecular weight is 208 g/mol. The first-order valence-corrected chi connectivity index (χ1v) is 4.99. The van der Waals surface area contributed by atoms with Crippen molar-refractivity contribution in [1.29, 1.82) is 0 Å². The first-order chi connectivity index (χ1) is 7.86. The Labute approximate surface area is 92.5 Å². The lowest BCUT2D eigenvalue weighted by Crippen LogP contribution is -2.10. The fourth-order valence-corrected chi connectivity index (χ4v) is 1.83. The number of hydrogen-bond donors (Lipinski definition) is 0. The zero-order valence-corrected chi connectivity index (χ0v) is 8.42. The third kappa shape index (κ3) is 1.26. The Bertz CT molecular complexity index is 577. The Kier molecular flexibility index (Phi) is 1.90. The van der Waals surface area contributed by atoms with Gasteiger partial charge >= 0.3 is 0 Å². The highest BCUT2D eigenvalue weighted by Gasteiger charge is 2.23. The molecule has 3 nitrogen and oxygen atoms in total. The van der Waals surface area contributed by atoms with Gasteiger partial charge in [0, 0.05) is 0 Å². The Morgan fingerprint density at radius 2 is 1.81 bits per heavy atom. The fourth-order valence-electron chi connectivity index (χ4n) is 1.83. The zero-order valence-electron chi connectivity index (χ0n) is 8.42. The van der Waals surface area contributed by atoms with Gasteiger partial charge in [-0.2, -0.15) is 0 Å². The number of carbonyl (C=O) groups is 1. The number of benzene rings is 1. The maximum Gasteiger partial charge on any atom is 0.188 e. The monoisotopic (exact) mass is 208 g/mol. The Balaban J connectivity index is 2.22. The lowest BCUT2D eigenvalue weighted by atomic mass is 9.94. The predicted molar refractivity (Wildman–Crippen MR) is 63.4 cm³/mol. The quantitative estimate of drug-likeness (QED) is 0.651. The van der Waals surface area contributed by atoms with E-state index in [9.17, 15) is 4.79 Å². The molecule has 0 amide bonds. The molecule has 1 heterocycles. The van der Waals surface area contributed by atoms with E-state index in [1.807, 2.05) is 30.3 Å². The summed E-state index contributed by atoms with van der Waals surface area (Å²) in [5.74, 6) is -0.0146. The van der Waals surface area contributed by atoms with Crippen LogP contribution < -0.4 is 0 Å². The molecule has 16 heavy (non-hydrogen) atoms. The maximum absolute atomic E-state index is 11.9. The fraction of sp³-hybridized carbons (Fsp3) is 0. The van der Waals surface area contributed by atoms with Gasteiger partial charge in [-0.3, -0.25) is 4.79 Å². The number of aliphatic imine (C=N–C) groups is 2. The van der Waals surface area contributed by atoms with E-state index in [1.54, 1.807) is 12.2 Å². The summed E-state index contributed by atoms with van der Waals surface area (Å²) in [6.45, 7) is 0. The van der Waals surface area contributed by atoms with E-state index >= 15 is 0 Å². The minimum atomic E-state index is -0.0146. The molecule has 0 aromatic heterocycles. The molecule has 0 spiro atoms. The number of nitrogens with zero attached hydrogens (tertiary/aromatic N) is 2. The molecule has 0 unspecified atom stereocenters. The molecule has 0 N–H and O–H groups in total. The summed E-state index contributed by atoms with van der Waals surface area (Å²) in [4.78, 5) is 20.1. The van der Waals surface area contributed by atoms with E-state index in [0.717, 1.165) is 11.3 Å². The van der Waals surface area contributed by atoms with Crippen molar-refractivity contribution in [2.24, 2.45) is 9.98 Å². The van der Waals surface area contributed by atoms with Crippen LogP contribution in [0.2, 0.25) is 0 Å². The van der Waals surface area contributed by atoms with Gasteiger partial charge in [-0.1, -0.05) is 30.3 Å². The SMILES string of the molecule is O=C1C=CC2=NC=NC2=C1c1ccccc1. The van der Waals surface area contributed by atoms with Crippen LogP contribution >= 0.6 is 0 Å². The number of rotatable bonds is 1. The summed E-state index contributed by atoms with van der Waals surface area (Å²) in [5.41, 5.74) is 2.96. The average Bonchev–Trinajstić information content (AvgIpc) is 2.78. The van der Waals surface area contributed by atoms with Crippen LogP contribution in [0.3, 0.4) is 0 Å². The van der Waals surface area contributed by atoms with Crippen LogP contribution in [-0.2, 0) is 4.79 Å². The molecule has 0 fully saturated rings. The van der Waals surface area contributed by atoms with E-state index < -0.39 is 0 Å². The predicted octanol–water partition coefficient (Wildman–Crippen LogP) is 2.02. The molecule has 76 valence electrons.